The van der Waals surface area contributed by atoms with Crippen molar-refractivity contribution in [3.63, 3.8) is 0 Å². The molecule has 0 unspecified atom stereocenters. The second-order valence-electron chi connectivity index (χ2n) is 10.6. The summed E-state index contributed by atoms with van der Waals surface area (Å²) < 4.78 is 10.9. The van der Waals surface area contributed by atoms with E-state index in [4.69, 9.17) is 9.26 Å². The molecule has 1 aliphatic rings. The standard InChI is InChI=1S/C32H31N7O6/c1-20-29(30(35-45-20)24-7-5-6-8-28(24)44-4)32(41)38-15-13-37(14-16-38)26-18-25(27(39(42)43)17-22(26)19-33)34-31(40)21-9-11-23(12-10-21)36(2)3/h5-12,17-18H,13-16H2,1-4H3,(H,34,40). The zero-order chi connectivity index (χ0) is 32.2. The van der Waals surface area contributed by atoms with E-state index in [1.807, 2.05) is 42.1 Å². The molecule has 0 radical (unpaired) electrons. The number of carbonyl (C=O) groups excluding carboxylic acids is 2. The van der Waals surface area contributed by atoms with Gasteiger partial charge in [0.25, 0.3) is 17.5 Å². The lowest BCUT2D eigenvalue weighted by Gasteiger charge is -2.36. The second kappa shape index (κ2) is 12.8. The largest absolute Gasteiger partial charge is 0.496 e. The number of amides is 2. The summed E-state index contributed by atoms with van der Waals surface area (Å²) in [5.74, 6) is 0.152. The summed E-state index contributed by atoms with van der Waals surface area (Å²) in [5.41, 5.74) is 2.65. The van der Waals surface area contributed by atoms with Crippen molar-refractivity contribution in [2.45, 2.75) is 6.92 Å². The quantitative estimate of drug-likeness (QED) is 0.219. The van der Waals surface area contributed by atoms with E-state index in [0.29, 0.717) is 65.8 Å². The highest BCUT2D eigenvalue weighted by molar-refractivity contribution is 6.06. The Morgan fingerprint density at radius 3 is 2.40 bits per heavy atom. The highest BCUT2D eigenvalue weighted by Gasteiger charge is 2.31. The van der Waals surface area contributed by atoms with Crippen LogP contribution in [0, 0.1) is 28.4 Å². The van der Waals surface area contributed by atoms with Crippen molar-refractivity contribution < 1.29 is 23.8 Å². The van der Waals surface area contributed by atoms with Gasteiger partial charge in [0.15, 0.2) is 0 Å². The third-order valence-corrected chi connectivity index (χ3v) is 7.67. The number of piperazine rings is 1. The Labute approximate surface area is 259 Å². The smallest absolute Gasteiger partial charge is 0.294 e. The van der Waals surface area contributed by atoms with Gasteiger partial charge in [-0.3, -0.25) is 19.7 Å². The van der Waals surface area contributed by atoms with E-state index in [1.54, 1.807) is 55.3 Å². The van der Waals surface area contributed by atoms with Crippen LogP contribution < -0.4 is 19.9 Å². The molecule has 0 spiro atoms. The Morgan fingerprint density at radius 1 is 1.09 bits per heavy atom. The summed E-state index contributed by atoms with van der Waals surface area (Å²) in [7, 11) is 5.29. The molecule has 2 heterocycles. The Morgan fingerprint density at radius 2 is 1.78 bits per heavy atom. The number of nitro benzene ring substituents is 1. The van der Waals surface area contributed by atoms with Crippen LogP contribution in [0.25, 0.3) is 11.3 Å². The number of anilines is 3. The van der Waals surface area contributed by atoms with Crippen LogP contribution in [0.5, 0.6) is 5.75 Å². The summed E-state index contributed by atoms with van der Waals surface area (Å²) in [5, 5.41) is 28.6. The molecular formula is C32H31N7O6. The van der Waals surface area contributed by atoms with Crippen molar-refractivity contribution in [2.75, 3.05) is 62.5 Å². The fourth-order valence-electron chi connectivity index (χ4n) is 5.24. The molecule has 0 atom stereocenters. The van der Waals surface area contributed by atoms with Gasteiger partial charge in [-0.25, -0.2) is 0 Å². The van der Waals surface area contributed by atoms with Crippen molar-refractivity contribution in [1.29, 1.82) is 5.26 Å². The number of hydrogen-bond acceptors (Lipinski definition) is 10. The lowest BCUT2D eigenvalue weighted by molar-refractivity contribution is -0.383. The number of carbonyl (C=O) groups is 2. The van der Waals surface area contributed by atoms with Crippen molar-refractivity contribution in [3.05, 3.63) is 93.2 Å². The Kier molecular flexibility index (Phi) is 8.67. The molecule has 1 fully saturated rings. The minimum absolute atomic E-state index is 0.0317. The predicted molar refractivity (Wildman–Crippen MR) is 168 cm³/mol. The van der Waals surface area contributed by atoms with Crippen molar-refractivity contribution >= 4 is 34.6 Å². The zero-order valence-electron chi connectivity index (χ0n) is 25.2. The van der Waals surface area contributed by atoms with Crippen LogP contribution in [0.4, 0.5) is 22.7 Å². The van der Waals surface area contributed by atoms with Crippen molar-refractivity contribution in [1.82, 2.24) is 10.1 Å². The molecule has 1 aromatic heterocycles. The molecule has 1 saturated heterocycles. The molecular weight excluding hydrogens is 578 g/mol. The van der Waals surface area contributed by atoms with Crippen molar-refractivity contribution in [2.24, 2.45) is 0 Å². The fourth-order valence-corrected chi connectivity index (χ4v) is 5.24. The highest BCUT2D eigenvalue weighted by Crippen LogP contribution is 2.36. The fraction of sp³-hybridized carbons (Fsp3) is 0.250. The minimum Gasteiger partial charge on any atom is -0.496 e. The second-order valence-corrected chi connectivity index (χ2v) is 10.6. The number of rotatable bonds is 8. The number of nitro groups is 1. The van der Waals surface area contributed by atoms with Gasteiger partial charge in [0.1, 0.15) is 34.5 Å². The summed E-state index contributed by atoms with van der Waals surface area (Å²) in [6.45, 7) is 2.96. The maximum Gasteiger partial charge on any atom is 0.294 e. The average molecular weight is 610 g/mol. The maximum absolute atomic E-state index is 13.7. The van der Waals surface area contributed by atoms with Gasteiger partial charge in [0.05, 0.1) is 23.3 Å². The molecule has 0 aliphatic carbocycles. The first-order chi connectivity index (χ1) is 21.6. The highest BCUT2D eigenvalue weighted by atomic mass is 16.6. The zero-order valence-corrected chi connectivity index (χ0v) is 25.2. The molecule has 1 N–H and O–H groups in total. The molecule has 5 rings (SSSR count). The number of ether oxygens (including phenoxy) is 1. The monoisotopic (exact) mass is 609 g/mol. The predicted octanol–water partition coefficient (Wildman–Crippen LogP) is 4.72. The molecule has 0 bridgehead atoms. The van der Waals surface area contributed by atoms with Crippen LogP contribution in [-0.4, -0.2) is 74.2 Å². The molecule has 13 nitrogen and oxygen atoms in total. The number of nitriles is 1. The summed E-state index contributed by atoms with van der Waals surface area (Å²) in [4.78, 5) is 43.5. The third kappa shape index (κ3) is 6.12. The molecule has 1 aliphatic heterocycles. The molecule has 3 aromatic carbocycles. The molecule has 4 aromatic rings. The summed E-state index contributed by atoms with van der Waals surface area (Å²) in [6, 6.07) is 18.7. The van der Waals surface area contributed by atoms with Gasteiger partial charge >= 0.3 is 0 Å². The van der Waals surface area contributed by atoms with Gasteiger partial charge in [0, 0.05) is 63.2 Å². The number of para-hydroxylation sites is 1. The lowest BCUT2D eigenvalue weighted by Crippen LogP contribution is -2.49. The van der Waals surface area contributed by atoms with Crippen molar-refractivity contribution in [3.8, 4) is 23.1 Å². The number of benzene rings is 3. The van der Waals surface area contributed by atoms with Crippen LogP contribution >= 0.6 is 0 Å². The minimum atomic E-state index is -0.632. The first-order valence-electron chi connectivity index (χ1n) is 14.1. The van der Waals surface area contributed by atoms with E-state index in [0.717, 1.165) is 11.8 Å². The van der Waals surface area contributed by atoms with Gasteiger partial charge in [-0.05, 0) is 49.4 Å². The number of nitrogens with zero attached hydrogens (tertiary/aromatic N) is 6. The van der Waals surface area contributed by atoms with E-state index >= 15 is 0 Å². The van der Waals surface area contributed by atoms with Gasteiger partial charge in [-0.2, -0.15) is 5.26 Å². The molecule has 230 valence electrons. The van der Waals surface area contributed by atoms with E-state index in [1.165, 1.54) is 6.07 Å². The lowest BCUT2D eigenvalue weighted by atomic mass is 10.0. The third-order valence-electron chi connectivity index (χ3n) is 7.67. The number of methoxy groups -OCH3 is 1. The Hall–Kier alpha value is -5.90. The van der Waals surface area contributed by atoms with Gasteiger partial charge in [-0.15, -0.1) is 0 Å². The van der Waals surface area contributed by atoms with E-state index < -0.39 is 16.5 Å². The van der Waals surface area contributed by atoms with Crippen LogP contribution in [0.15, 0.2) is 65.2 Å². The number of hydrogen-bond donors (Lipinski definition) is 1. The Bertz CT molecular complexity index is 1800. The Balaban J connectivity index is 1.37. The summed E-state index contributed by atoms with van der Waals surface area (Å²) in [6.07, 6.45) is 0. The first kappa shape index (κ1) is 30.6. The van der Waals surface area contributed by atoms with Gasteiger partial charge in [0.2, 0.25) is 0 Å². The topological polar surface area (TPSA) is 158 Å². The van der Waals surface area contributed by atoms with Gasteiger partial charge < -0.3 is 29.3 Å². The number of aromatic nitrogens is 1. The van der Waals surface area contributed by atoms with E-state index in [2.05, 4.69) is 10.5 Å². The summed E-state index contributed by atoms with van der Waals surface area (Å²) >= 11 is 0. The van der Waals surface area contributed by atoms with Crippen LogP contribution in [0.2, 0.25) is 0 Å². The SMILES string of the molecule is COc1ccccc1-c1noc(C)c1C(=O)N1CCN(c2cc(NC(=O)c3ccc(N(C)C)cc3)c([N+](=O)[O-])cc2C#N)CC1. The molecule has 2 amide bonds. The van der Waals surface area contributed by atoms with Crippen LogP contribution in [0.3, 0.4) is 0 Å². The first-order valence-corrected chi connectivity index (χ1v) is 14.1. The van der Waals surface area contributed by atoms with Crippen LogP contribution in [-0.2, 0) is 0 Å². The van der Waals surface area contributed by atoms with E-state index in [-0.39, 0.29) is 17.2 Å². The average Bonchev–Trinajstić information content (AvgIpc) is 3.44. The van der Waals surface area contributed by atoms with E-state index in [9.17, 15) is 25.0 Å². The molecule has 0 saturated carbocycles. The normalized spacial score (nSPS) is 12.8. The van der Waals surface area contributed by atoms with Gasteiger partial charge in [-0.1, -0.05) is 17.3 Å². The van der Waals surface area contributed by atoms with Crippen LogP contribution in [0.1, 0.15) is 32.0 Å². The molecule has 45 heavy (non-hydrogen) atoms. The number of aryl methyl sites for hydroxylation is 1. The number of nitrogens with one attached hydrogen (secondary N) is 1. The molecule has 13 heteroatoms. The maximum atomic E-state index is 13.7.